The van der Waals surface area contributed by atoms with Crippen molar-refractivity contribution in [3.8, 4) is 11.5 Å². The molecule has 1 aromatic carbocycles. The van der Waals surface area contributed by atoms with Gasteiger partial charge in [-0.05, 0) is 36.1 Å². The highest BCUT2D eigenvalue weighted by molar-refractivity contribution is 5.55. The highest BCUT2D eigenvalue weighted by atomic mass is 16.5. The van der Waals surface area contributed by atoms with Crippen LogP contribution < -0.4 is 9.47 Å². The van der Waals surface area contributed by atoms with E-state index in [-0.39, 0.29) is 11.5 Å². The summed E-state index contributed by atoms with van der Waals surface area (Å²) in [6.07, 6.45) is 5.82. The molecule has 2 bridgehead atoms. The lowest BCUT2D eigenvalue weighted by Gasteiger charge is -2.45. The van der Waals surface area contributed by atoms with Crippen molar-refractivity contribution in [2.24, 2.45) is 0 Å². The minimum Gasteiger partial charge on any atom is -0.493 e. The van der Waals surface area contributed by atoms with Crippen LogP contribution in [0.1, 0.15) is 24.0 Å². The lowest BCUT2D eigenvalue weighted by Crippen LogP contribution is -2.49. The maximum Gasteiger partial charge on any atom is 0.161 e. The molecule has 1 N–H and O–H groups in total. The van der Waals surface area contributed by atoms with Crippen molar-refractivity contribution in [3.63, 3.8) is 0 Å². The van der Waals surface area contributed by atoms with Gasteiger partial charge in [0, 0.05) is 24.5 Å². The number of nitrogens with zero attached hydrogens (tertiary/aromatic N) is 1. The van der Waals surface area contributed by atoms with Gasteiger partial charge in [0.05, 0.1) is 20.3 Å². The van der Waals surface area contributed by atoms with Crippen molar-refractivity contribution >= 4 is 0 Å². The molecule has 0 saturated carbocycles. The molecule has 4 atom stereocenters. The third-order valence-electron chi connectivity index (χ3n) is 5.41. The van der Waals surface area contributed by atoms with E-state index in [1.807, 2.05) is 6.08 Å². The summed E-state index contributed by atoms with van der Waals surface area (Å²) in [4.78, 5) is 2.50. The molecule has 0 radical (unpaired) electrons. The average Bonchev–Trinajstić information content (AvgIpc) is 2.78. The van der Waals surface area contributed by atoms with E-state index in [2.05, 4.69) is 23.1 Å². The number of hydrogen-bond acceptors (Lipinski definition) is 4. The number of fused-ring (bicyclic) bond motifs is 1. The van der Waals surface area contributed by atoms with E-state index in [1.165, 1.54) is 11.1 Å². The van der Waals surface area contributed by atoms with Crippen LogP contribution in [0, 0.1) is 0 Å². The molecule has 1 aromatic rings. The molecular weight excluding hydrogens is 266 g/mol. The molecule has 4 nitrogen and oxygen atoms in total. The van der Waals surface area contributed by atoms with E-state index < -0.39 is 0 Å². The number of rotatable bonds is 2. The van der Waals surface area contributed by atoms with Crippen LogP contribution in [0.15, 0.2) is 24.3 Å². The lowest BCUT2D eigenvalue weighted by molar-refractivity contribution is 0.110. The second kappa shape index (κ2) is 4.49. The number of hydrogen-bond donors (Lipinski definition) is 1. The molecule has 1 saturated heterocycles. The molecule has 2 aliphatic heterocycles. The van der Waals surface area contributed by atoms with Gasteiger partial charge in [-0.1, -0.05) is 12.2 Å². The fraction of sp³-hybridized carbons (Fsp3) is 0.529. The first kappa shape index (κ1) is 13.2. The van der Waals surface area contributed by atoms with Crippen LogP contribution in [-0.4, -0.2) is 42.9 Å². The summed E-state index contributed by atoms with van der Waals surface area (Å²) in [5.74, 6) is 1.59. The van der Waals surface area contributed by atoms with Crippen LogP contribution in [0.4, 0.5) is 0 Å². The summed E-state index contributed by atoms with van der Waals surface area (Å²) in [7, 11) is 3.36. The second-order valence-corrected chi connectivity index (χ2v) is 6.30. The molecule has 3 aliphatic rings. The van der Waals surface area contributed by atoms with E-state index >= 15 is 0 Å². The van der Waals surface area contributed by atoms with Gasteiger partial charge in [0.1, 0.15) is 0 Å². The molecular formula is C17H21NO3. The first-order valence-electron chi connectivity index (χ1n) is 7.55. The molecule has 112 valence electrons. The van der Waals surface area contributed by atoms with Gasteiger partial charge in [0.15, 0.2) is 11.5 Å². The average molecular weight is 287 g/mol. The summed E-state index contributed by atoms with van der Waals surface area (Å²) in [6, 6.07) is 4.66. The molecule has 4 rings (SSSR count). The van der Waals surface area contributed by atoms with Gasteiger partial charge in [0.25, 0.3) is 0 Å². The normalized spacial score (nSPS) is 36.0. The minimum absolute atomic E-state index is 0.0341. The van der Waals surface area contributed by atoms with Crippen molar-refractivity contribution in [1.29, 1.82) is 0 Å². The van der Waals surface area contributed by atoms with Crippen LogP contribution in [0.5, 0.6) is 11.5 Å². The van der Waals surface area contributed by atoms with Gasteiger partial charge in [-0.2, -0.15) is 0 Å². The zero-order valence-corrected chi connectivity index (χ0v) is 12.5. The molecule has 0 aromatic heterocycles. The Morgan fingerprint density at radius 1 is 1.24 bits per heavy atom. The maximum absolute atomic E-state index is 9.98. The number of aliphatic hydroxyl groups excluding tert-OH is 1. The zero-order chi connectivity index (χ0) is 14.6. The monoisotopic (exact) mass is 287 g/mol. The van der Waals surface area contributed by atoms with Crippen LogP contribution in [0.25, 0.3) is 0 Å². The van der Waals surface area contributed by atoms with Gasteiger partial charge < -0.3 is 14.6 Å². The Morgan fingerprint density at radius 3 is 2.76 bits per heavy atom. The summed E-state index contributed by atoms with van der Waals surface area (Å²) in [5.41, 5.74) is 2.70. The first-order valence-corrected chi connectivity index (χ1v) is 7.55. The standard InChI is InChI=1S/C17H21NO3/c1-20-14-7-11-10-18-6-5-17(13(11)9-15(14)21-2)4-3-12(19)8-16(17)18/h3-4,7,9,12,16,19H,5-6,8,10H2,1-2H3/t12?,16-,17-/m0/s1. The zero-order valence-electron chi connectivity index (χ0n) is 12.5. The Labute approximate surface area is 125 Å². The van der Waals surface area contributed by atoms with Crippen LogP contribution >= 0.6 is 0 Å². The Bertz CT molecular complexity index is 612. The van der Waals surface area contributed by atoms with Gasteiger partial charge in [-0.3, -0.25) is 4.90 Å². The van der Waals surface area contributed by atoms with E-state index in [9.17, 15) is 5.11 Å². The molecule has 1 fully saturated rings. The maximum atomic E-state index is 9.98. The van der Waals surface area contributed by atoms with E-state index in [4.69, 9.17) is 9.47 Å². The molecule has 4 heteroatoms. The molecule has 21 heavy (non-hydrogen) atoms. The summed E-state index contributed by atoms with van der Waals surface area (Å²) < 4.78 is 10.9. The van der Waals surface area contributed by atoms with E-state index in [1.54, 1.807) is 14.2 Å². The first-order chi connectivity index (χ1) is 10.2. The Kier molecular flexibility index (Phi) is 2.81. The molecule has 0 amide bonds. The third-order valence-corrected chi connectivity index (χ3v) is 5.41. The lowest BCUT2D eigenvalue weighted by atomic mass is 9.66. The topological polar surface area (TPSA) is 41.9 Å². The number of methoxy groups -OCH3 is 2. The van der Waals surface area contributed by atoms with Crippen LogP contribution in [-0.2, 0) is 12.0 Å². The van der Waals surface area contributed by atoms with E-state index in [0.29, 0.717) is 6.04 Å². The van der Waals surface area contributed by atoms with Gasteiger partial charge in [0.2, 0.25) is 0 Å². The second-order valence-electron chi connectivity index (χ2n) is 6.30. The van der Waals surface area contributed by atoms with Gasteiger partial charge >= 0.3 is 0 Å². The Hall–Kier alpha value is -1.52. The fourth-order valence-electron chi connectivity index (χ4n) is 4.42. The minimum atomic E-state index is -0.314. The molecule has 2 heterocycles. The predicted octanol–water partition coefficient (Wildman–Crippen LogP) is 1.85. The van der Waals surface area contributed by atoms with Crippen molar-refractivity contribution in [2.75, 3.05) is 20.8 Å². The predicted molar refractivity (Wildman–Crippen MR) is 79.8 cm³/mol. The third kappa shape index (κ3) is 1.69. The van der Waals surface area contributed by atoms with Gasteiger partial charge in [-0.25, -0.2) is 0 Å². The summed E-state index contributed by atoms with van der Waals surface area (Å²) >= 11 is 0. The van der Waals surface area contributed by atoms with E-state index in [0.717, 1.165) is 37.4 Å². The molecule has 1 aliphatic carbocycles. The van der Waals surface area contributed by atoms with Crippen molar-refractivity contribution in [1.82, 2.24) is 4.90 Å². The highest BCUT2D eigenvalue weighted by Gasteiger charge is 2.52. The number of ether oxygens (including phenoxy) is 2. The summed E-state index contributed by atoms with van der Waals surface area (Å²) in [6.45, 7) is 2.02. The van der Waals surface area contributed by atoms with Crippen molar-refractivity contribution < 1.29 is 14.6 Å². The van der Waals surface area contributed by atoms with Crippen molar-refractivity contribution in [3.05, 3.63) is 35.4 Å². The fourth-order valence-corrected chi connectivity index (χ4v) is 4.42. The number of aliphatic hydroxyl groups is 1. The number of benzene rings is 1. The van der Waals surface area contributed by atoms with Gasteiger partial charge in [-0.15, -0.1) is 0 Å². The Balaban J connectivity index is 1.91. The highest BCUT2D eigenvalue weighted by Crippen LogP contribution is 2.52. The smallest absolute Gasteiger partial charge is 0.161 e. The molecule has 2 unspecified atom stereocenters. The largest absolute Gasteiger partial charge is 0.493 e. The SMILES string of the molecule is COc1cc2c(cc1OC)[C@@]13C=CC(O)C[C@@H]1N(CC3)C2. The van der Waals surface area contributed by atoms with Crippen LogP contribution in [0.3, 0.4) is 0 Å². The summed E-state index contributed by atoms with van der Waals surface area (Å²) in [5, 5.41) is 9.98. The van der Waals surface area contributed by atoms with Crippen LogP contribution in [0.2, 0.25) is 0 Å². The molecule has 0 spiro atoms. The van der Waals surface area contributed by atoms with Crippen molar-refractivity contribution in [2.45, 2.75) is 36.9 Å². The quantitative estimate of drug-likeness (QED) is 0.843. The Morgan fingerprint density at radius 2 is 2.00 bits per heavy atom.